The van der Waals surface area contributed by atoms with Crippen LogP contribution in [0.3, 0.4) is 0 Å². The van der Waals surface area contributed by atoms with E-state index in [0.717, 1.165) is 12.0 Å². The van der Waals surface area contributed by atoms with Gasteiger partial charge in [-0.05, 0) is 18.2 Å². The highest BCUT2D eigenvalue weighted by Crippen LogP contribution is 2.17. The van der Waals surface area contributed by atoms with Crippen molar-refractivity contribution in [3.05, 3.63) is 28.8 Å². The summed E-state index contributed by atoms with van der Waals surface area (Å²) in [6.45, 7) is 0. The Morgan fingerprint density at radius 1 is 1.55 bits per heavy atom. The van der Waals surface area contributed by atoms with Gasteiger partial charge in [-0.1, -0.05) is 11.6 Å². The SMILES string of the molecule is CNc1ccc(Cl)cc1C=O. The van der Waals surface area contributed by atoms with Crippen molar-refractivity contribution in [3.63, 3.8) is 0 Å². The Hall–Kier alpha value is -1.02. The summed E-state index contributed by atoms with van der Waals surface area (Å²) in [7, 11) is 1.76. The summed E-state index contributed by atoms with van der Waals surface area (Å²) in [4.78, 5) is 10.4. The Labute approximate surface area is 70.2 Å². The fourth-order valence-corrected chi connectivity index (χ4v) is 1.04. The van der Waals surface area contributed by atoms with Crippen LogP contribution in [0.1, 0.15) is 10.4 Å². The lowest BCUT2D eigenvalue weighted by Gasteiger charge is -2.02. The van der Waals surface area contributed by atoms with Crippen molar-refractivity contribution in [2.24, 2.45) is 0 Å². The van der Waals surface area contributed by atoms with Crippen LogP contribution in [0.15, 0.2) is 18.2 Å². The highest BCUT2D eigenvalue weighted by Gasteiger charge is 1.98. The molecule has 0 atom stereocenters. The predicted octanol–water partition coefficient (Wildman–Crippen LogP) is 2.19. The van der Waals surface area contributed by atoms with Crippen molar-refractivity contribution < 1.29 is 4.79 Å². The number of rotatable bonds is 2. The van der Waals surface area contributed by atoms with Crippen LogP contribution in [-0.4, -0.2) is 13.3 Å². The van der Waals surface area contributed by atoms with Crippen LogP contribution in [-0.2, 0) is 0 Å². The molecule has 0 fully saturated rings. The second-order valence-electron chi connectivity index (χ2n) is 2.10. The average Bonchev–Trinajstić information content (AvgIpc) is 2.04. The summed E-state index contributed by atoms with van der Waals surface area (Å²) in [6, 6.07) is 5.13. The normalized spacial score (nSPS) is 9.27. The molecule has 0 spiro atoms. The van der Waals surface area contributed by atoms with E-state index < -0.39 is 0 Å². The molecule has 1 rings (SSSR count). The number of carbonyl (C=O) groups excluding carboxylic acids is 1. The van der Waals surface area contributed by atoms with Gasteiger partial charge in [-0.25, -0.2) is 0 Å². The molecule has 0 saturated heterocycles. The molecule has 3 heteroatoms. The van der Waals surface area contributed by atoms with Crippen LogP contribution in [0, 0.1) is 0 Å². The van der Waals surface area contributed by atoms with E-state index in [9.17, 15) is 4.79 Å². The lowest BCUT2D eigenvalue weighted by molar-refractivity contribution is 0.112. The number of benzene rings is 1. The number of halogens is 1. The first-order valence-electron chi connectivity index (χ1n) is 3.20. The molecule has 0 aliphatic heterocycles. The molecule has 2 nitrogen and oxygen atoms in total. The van der Waals surface area contributed by atoms with Crippen molar-refractivity contribution >= 4 is 23.6 Å². The third kappa shape index (κ3) is 1.71. The summed E-state index contributed by atoms with van der Waals surface area (Å²) in [6.07, 6.45) is 0.776. The van der Waals surface area contributed by atoms with Crippen LogP contribution < -0.4 is 5.32 Å². The maximum Gasteiger partial charge on any atom is 0.152 e. The molecule has 0 radical (unpaired) electrons. The number of hydrogen-bond acceptors (Lipinski definition) is 2. The van der Waals surface area contributed by atoms with Gasteiger partial charge in [0.15, 0.2) is 6.29 Å². The number of anilines is 1. The molecular formula is C8H8ClNO. The summed E-state index contributed by atoms with van der Waals surface area (Å²) in [5.74, 6) is 0. The van der Waals surface area contributed by atoms with Gasteiger partial charge in [-0.15, -0.1) is 0 Å². The molecule has 0 unspecified atom stereocenters. The molecule has 0 aliphatic rings. The van der Waals surface area contributed by atoms with Crippen LogP contribution in [0.2, 0.25) is 5.02 Å². The Morgan fingerprint density at radius 2 is 2.27 bits per heavy atom. The molecular weight excluding hydrogens is 162 g/mol. The monoisotopic (exact) mass is 169 g/mol. The van der Waals surface area contributed by atoms with Gasteiger partial charge in [0.1, 0.15) is 0 Å². The zero-order valence-electron chi connectivity index (χ0n) is 6.10. The predicted molar refractivity (Wildman–Crippen MR) is 46.4 cm³/mol. The quantitative estimate of drug-likeness (QED) is 0.688. The lowest BCUT2D eigenvalue weighted by Crippen LogP contribution is -1.93. The fourth-order valence-electron chi connectivity index (χ4n) is 0.859. The minimum atomic E-state index is 0.575. The summed E-state index contributed by atoms with van der Waals surface area (Å²) >= 11 is 5.67. The van der Waals surface area contributed by atoms with E-state index in [2.05, 4.69) is 5.32 Å². The smallest absolute Gasteiger partial charge is 0.152 e. The third-order valence-electron chi connectivity index (χ3n) is 1.41. The van der Waals surface area contributed by atoms with E-state index in [0.29, 0.717) is 10.6 Å². The van der Waals surface area contributed by atoms with E-state index in [1.807, 2.05) is 0 Å². The number of nitrogens with one attached hydrogen (secondary N) is 1. The zero-order chi connectivity index (χ0) is 8.27. The van der Waals surface area contributed by atoms with Gasteiger partial charge in [0, 0.05) is 23.3 Å². The molecule has 11 heavy (non-hydrogen) atoms. The highest BCUT2D eigenvalue weighted by atomic mass is 35.5. The molecule has 0 saturated carbocycles. The number of hydrogen-bond donors (Lipinski definition) is 1. The highest BCUT2D eigenvalue weighted by molar-refractivity contribution is 6.31. The largest absolute Gasteiger partial charge is 0.388 e. The van der Waals surface area contributed by atoms with Crippen molar-refractivity contribution in [1.82, 2.24) is 0 Å². The van der Waals surface area contributed by atoms with Crippen LogP contribution in [0.4, 0.5) is 5.69 Å². The van der Waals surface area contributed by atoms with E-state index in [1.54, 1.807) is 25.2 Å². The lowest BCUT2D eigenvalue weighted by atomic mass is 10.2. The van der Waals surface area contributed by atoms with Gasteiger partial charge < -0.3 is 5.32 Å². The zero-order valence-corrected chi connectivity index (χ0v) is 6.85. The number of carbonyl (C=O) groups is 1. The van der Waals surface area contributed by atoms with Gasteiger partial charge >= 0.3 is 0 Å². The Bertz CT molecular complexity index is 273. The Morgan fingerprint density at radius 3 is 2.82 bits per heavy atom. The first-order chi connectivity index (χ1) is 5.27. The summed E-state index contributed by atoms with van der Waals surface area (Å²) in [5.41, 5.74) is 1.38. The molecule has 0 heterocycles. The van der Waals surface area contributed by atoms with Crippen molar-refractivity contribution in [3.8, 4) is 0 Å². The molecule has 1 aromatic carbocycles. The van der Waals surface area contributed by atoms with E-state index in [-0.39, 0.29) is 0 Å². The average molecular weight is 170 g/mol. The van der Waals surface area contributed by atoms with Crippen molar-refractivity contribution in [2.75, 3.05) is 12.4 Å². The van der Waals surface area contributed by atoms with Gasteiger partial charge in [0.2, 0.25) is 0 Å². The first kappa shape index (κ1) is 8.08. The van der Waals surface area contributed by atoms with Gasteiger partial charge in [-0.3, -0.25) is 4.79 Å². The molecule has 1 N–H and O–H groups in total. The standard InChI is InChI=1S/C8H8ClNO/c1-10-8-3-2-7(9)4-6(8)5-11/h2-5,10H,1H3. The van der Waals surface area contributed by atoms with Gasteiger partial charge in [0.25, 0.3) is 0 Å². The Kier molecular flexibility index (Phi) is 2.49. The summed E-state index contributed by atoms with van der Waals surface area (Å²) < 4.78 is 0. The minimum Gasteiger partial charge on any atom is -0.388 e. The molecule has 0 aliphatic carbocycles. The minimum absolute atomic E-state index is 0.575. The second-order valence-corrected chi connectivity index (χ2v) is 2.54. The fraction of sp³-hybridized carbons (Fsp3) is 0.125. The number of aldehydes is 1. The molecule has 58 valence electrons. The second kappa shape index (κ2) is 3.39. The first-order valence-corrected chi connectivity index (χ1v) is 3.58. The summed E-state index contributed by atoms with van der Waals surface area (Å²) in [5, 5.41) is 3.46. The van der Waals surface area contributed by atoms with E-state index in [4.69, 9.17) is 11.6 Å². The van der Waals surface area contributed by atoms with Crippen LogP contribution in [0.25, 0.3) is 0 Å². The maximum absolute atomic E-state index is 10.4. The third-order valence-corrected chi connectivity index (χ3v) is 1.65. The van der Waals surface area contributed by atoms with E-state index >= 15 is 0 Å². The molecule has 1 aromatic rings. The Balaban J connectivity index is 3.16. The maximum atomic E-state index is 10.4. The van der Waals surface area contributed by atoms with Crippen molar-refractivity contribution in [2.45, 2.75) is 0 Å². The molecule has 0 bridgehead atoms. The van der Waals surface area contributed by atoms with E-state index in [1.165, 1.54) is 0 Å². The van der Waals surface area contributed by atoms with Gasteiger partial charge in [-0.2, -0.15) is 0 Å². The van der Waals surface area contributed by atoms with Crippen LogP contribution in [0.5, 0.6) is 0 Å². The molecule has 0 aromatic heterocycles. The molecule has 0 amide bonds. The van der Waals surface area contributed by atoms with Gasteiger partial charge in [0.05, 0.1) is 0 Å². The van der Waals surface area contributed by atoms with Crippen molar-refractivity contribution in [1.29, 1.82) is 0 Å². The topological polar surface area (TPSA) is 29.1 Å². The van der Waals surface area contributed by atoms with Crippen LogP contribution >= 0.6 is 11.6 Å².